The Morgan fingerprint density at radius 2 is 1.86 bits per heavy atom. The first-order chi connectivity index (χ1) is 13.5. The van der Waals surface area contributed by atoms with Gasteiger partial charge in [-0.05, 0) is 53.4 Å². The van der Waals surface area contributed by atoms with Crippen LogP contribution in [-0.4, -0.2) is 26.6 Å². The standard InChI is InChI=1S/C22H23FN2O2S/c1-25(14-16-5-11-19(27-2)12-6-16)15-21(26)24-22(20-4-3-13-28-20)17-7-9-18(23)10-8-17/h3-13,22H,14-15H2,1-2H3,(H,24,26)/p+1/t22-/m1/s1. The molecule has 1 unspecified atom stereocenters. The van der Waals surface area contributed by atoms with Crippen molar-refractivity contribution in [3.8, 4) is 5.75 Å². The van der Waals surface area contributed by atoms with Gasteiger partial charge in [-0.2, -0.15) is 0 Å². The quantitative estimate of drug-likeness (QED) is 0.612. The summed E-state index contributed by atoms with van der Waals surface area (Å²) in [5.74, 6) is 0.481. The molecule has 28 heavy (non-hydrogen) atoms. The Balaban J connectivity index is 1.63. The number of benzene rings is 2. The van der Waals surface area contributed by atoms with Crippen LogP contribution in [0.4, 0.5) is 4.39 Å². The second kappa shape index (κ2) is 9.48. The Labute approximate surface area is 168 Å². The normalized spacial score (nSPS) is 13.0. The minimum absolute atomic E-state index is 0.0475. The number of thiophene rings is 1. The summed E-state index contributed by atoms with van der Waals surface area (Å²) in [4.78, 5) is 14.8. The Kier molecular flexibility index (Phi) is 6.79. The zero-order valence-electron chi connectivity index (χ0n) is 15.9. The number of hydrogen-bond donors (Lipinski definition) is 2. The van der Waals surface area contributed by atoms with Gasteiger partial charge < -0.3 is 15.0 Å². The predicted molar refractivity (Wildman–Crippen MR) is 109 cm³/mol. The highest BCUT2D eigenvalue weighted by Crippen LogP contribution is 2.26. The summed E-state index contributed by atoms with van der Waals surface area (Å²) in [7, 11) is 3.63. The Morgan fingerprint density at radius 1 is 1.14 bits per heavy atom. The van der Waals surface area contributed by atoms with Crippen LogP contribution in [0.1, 0.15) is 22.0 Å². The third-order valence-corrected chi connectivity index (χ3v) is 5.40. The second-order valence-electron chi connectivity index (χ2n) is 6.73. The minimum Gasteiger partial charge on any atom is -0.497 e. The molecule has 0 saturated carbocycles. The Bertz CT molecular complexity index is 880. The van der Waals surface area contributed by atoms with E-state index in [2.05, 4.69) is 5.32 Å². The minimum atomic E-state index is -0.288. The van der Waals surface area contributed by atoms with Gasteiger partial charge in [0, 0.05) is 10.4 Å². The number of carbonyl (C=O) groups excluding carboxylic acids is 1. The molecule has 2 aromatic carbocycles. The van der Waals surface area contributed by atoms with Gasteiger partial charge in [-0.3, -0.25) is 4.79 Å². The van der Waals surface area contributed by atoms with Crippen LogP contribution in [0.15, 0.2) is 66.0 Å². The van der Waals surface area contributed by atoms with E-state index in [1.807, 2.05) is 48.8 Å². The van der Waals surface area contributed by atoms with Gasteiger partial charge in [0.25, 0.3) is 5.91 Å². The molecule has 146 valence electrons. The zero-order chi connectivity index (χ0) is 19.9. The molecule has 2 N–H and O–H groups in total. The van der Waals surface area contributed by atoms with Crippen molar-refractivity contribution in [3.63, 3.8) is 0 Å². The van der Waals surface area contributed by atoms with Crippen molar-refractivity contribution in [1.82, 2.24) is 5.32 Å². The van der Waals surface area contributed by atoms with E-state index in [1.165, 1.54) is 12.1 Å². The van der Waals surface area contributed by atoms with Crippen molar-refractivity contribution in [1.29, 1.82) is 0 Å². The molecule has 0 saturated heterocycles. The lowest BCUT2D eigenvalue weighted by Crippen LogP contribution is -3.08. The molecule has 0 aliphatic carbocycles. The van der Waals surface area contributed by atoms with E-state index in [-0.39, 0.29) is 17.8 Å². The topological polar surface area (TPSA) is 42.8 Å². The van der Waals surface area contributed by atoms with Gasteiger partial charge in [-0.25, -0.2) is 4.39 Å². The molecule has 0 bridgehead atoms. The molecule has 6 heteroatoms. The number of ether oxygens (including phenoxy) is 1. The largest absolute Gasteiger partial charge is 0.497 e. The maximum absolute atomic E-state index is 13.3. The summed E-state index contributed by atoms with van der Waals surface area (Å²) in [5.41, 5.74) is 2.00. The molecular weight excluding hydrogens is 375 g/mol. The highest BCUT2D eigenvalue weighted by Gasteiger charge is 2.20. The summed E-state index contributed by atoms with van der Waals surface area (Å²) >= 11 is 1.57. The third-order valence-electron chi connectivity index (χ3n) is 4.46. The van der Waals surface area contributed by atoms with Crippen molar-refractivity contribution in [2.45, 2.75) is 12.6 Å². The van der Waals surface area contributed by atoms with E-state index < -0.39 is 0 Å². The van der Waals surface area contributed by atoms with Gasteiger partial charge >= 0.3 is 0 Å². The first-order valence-electron chi connectivity index (χ1n) is 9.07. The first-order valence-corrected chi connectivity index (χ1v) is 9.95. The summed E-state index contributed by atoms with van der Waals surface area (Å²) in [6.45, 7) is 1.08. The van der Waals surface area contributed by atoms with Gasteiger partial charge in [0.05, 0.1) is 20.2 Å². The van der Waals surface area contributed by atoms with Crippen LogP contribution in [-0.2, 0) is 11.3 Å². The van der Waals surface area contributed by atoms with Gasteiger partial charge in [0.15, 0.2) is 6.54 Å². The maximum Gasteiger partial charge on any atom is 0.275 e. The summed E-state index contributed by atoms with van der Waals surface area (Å²) in [6.07, 6.45) is 0. The highest BCUT2D eigenvalue weighted by atomic mass is 32.1. The fourth-order valence-corrected chi connectivity index (χ4v) is 3.87. The number of halogens is 1. The van der Waals surface area contributed by atoms with Crippen LogP contribution in [0, 0.1) is 5.82 Å². The van der Waals surface area contributed by atoms with Crippen molar-refractivity contribution >= 4 is 17.2 Å². The highest BCUT2D eigenvalue weighted by molar-refractivity contribution is 7.10. The molecule has 1 heterocycles. The number of carbonyl (C=O) groups is 1. The molecule has 0 aliphatic rings. The van der Waals surface area contributed by atoms with Crippen LogP contribution >= 0.6 is 11.3 Å². The third kappa shape index (κ3) is 5.41. The molecule has 4 nitrogen and oxygen atoms in total. The van der Waals surface area contributed by atoms with Gasteiger partial charge in [-0.1, -0.05) is 18.2 Å². The van der Waals surface area contributed by atoms with Gasteiger partial charge in [-0.15, -0.1) is 11.3 Å². The first kappa shape index (κ1) is 20.0. The van der Waals surface area contributed by atoms with E-state index in [4.69, 9.17) is 4.74 Å². The summed E-state index contributed by atoms with van der Waals surface area (Å²) in [5, 5.41) is 5.07. The molecule has 0 aliphatic heterocycles. The van der Waals surface area contributed by atoms with E-state index in [0.717, 1.165) is 33.2 Å². The van der Waals surface area contributed by atoms with Crippen LogP contribution in [0.5, 0.6) is 5.75 Å². The Hall–Kier alpha value is -2.70. The molecule has 2 atom stereocenters. The number of methoxy groups -OCH3 is 1. The SMILES string of the molecule is COc1ccc(C[NH+](C)CC(=O)N[C@H](c2ccc(F)cc2)c2cccs2)cc1. The molecule has 3 aromatic rings. The average Bonchev–Trinajstić information content (AvgIpc) is 3.22. The second-order valence-corrected chi connectivity index (χ2v) is 7.71. The smallest absolute Gasteiger partial charge is 0.275 e. The summed E-state index contributed by atoms with van der Waals surface area (Å²) in [6, 6.07) is 17.8. The van der Waals surface area contributed by atoms with E-state index >= 15 is 0 Å². The van der Waals surface area contributed by atoms with Crippen molar-refractivity contribution < 1.29 is 18.8 Å². The molecule has 1 amide bonds. The van der Waals surface area contributed by atoms with Crippen LogP contribution in [0.25, 0.3) is 0 Å². The fourth-order valence-electron chi connectivity index (χ4n) is 3.07. The Morgan fingerprint density at radius 3 is 2.46 bits per heavy atom. The lowest BCUT2D eigenvalue weighted by Gasteiger charge is -2.20. The molecule has 1 aromatic heterocycles. The van der Waals surface area contributed by atoms with Crippen molar-refractivity contribution in [3.05, 3.63) is 87.9 Å². The van der Waals surface area contributed by atoms with Crippen LogP contribution in [0.3, 0.4) is 0 Å². The lowest BCUT2D eigenvalue weighted by molar-refractivity contribution is -0.885. The van der Waals surface area contributed by atoms with Crippen LogP contribution in [0.2, 0.25) is 0 Å². The average molecular weight is 400 g/mol. The van der Waals surface area contributed by atoms with E-state index in [1.54, 1.807) is 30.6 Å². The number of rotatable bonds is 8. The number of quaternary nitrogens is 1. The van der Waals surface area contributed by atoms with Gasteiger partial charge in [0.1, 0.15) is 18.1 Å². The lowest BCUT2D eigenvalue weighted by atomic mass is 10.1. The molecule has 0 fully saturated rings. The molecule has 0 spiro atoms. The fraction of sp³-hybridized carbons (Fsp3) is 0.227. The monoisotopic (exact) mass is 399 g/mol. The molecule has 0 radical (unpaired) electrons. The van der Waals surface area contributed by atoms with Crippen LogP contribution < -0.4 is 15.0 Å². The number of nitrogens with one attached hydrogen (secondary N) is 2. The summed E-state index contributed by atoms with van der Waals surface area (Å²) < 4.78 is 18.5. The van der Waals surface area contributed by atoms with E-state index in [9.17, 15) is 9.18 Å². The molecule has 3 rings (SSSR count). The maximum atomic E-state index is 13.3. The van der Waals surface area contributed by atoms with Crippen molar-refractivity contribution in [2.24, 2.45) is 0 Å². The van der Waals surface area contributed by atoms with E-state index in [0.29, 0.717) is 6.54 Å². The van der Waals surface area contributed by atoms with Gasteiger partial charge in [0.2, 0.25) is 0 Å². The molecular formula is C22H24FN2O2S+. The van der Waals surface area contributed by atoms with Crippen molar-refractivity contribution in [2.75, 3.05) is 20.7 Å². The number of amides is 1. The predicted octanol–water partition coefficient (Wildman–Crippen LogP) is 2.82. The zero-order valence-corrected chi connectivity index (χ0v) is 16.8. The number of likely N-dealkylation sites (N-methyl/N-ethyl adjacent to an activating group) is 1. The number of hydrogen-bond acceptors (Lipinski definition) is 3.